The van der Waals surface area contributed by atoms with Gasteiger partial charge in [-0.05, 0) is 23.3 Å². The molecule has 29 heavy (non-hydrogen) atoms. The summed E-state index contributed by atoms with van der Waals surface area (Å²) in [4.78, 5) is 18.9. The molecule has 4 rings (SSSR count). The van der Waals surface area contributed by atoms with E-state index in [4.69, 9.17) is 14.0 Å². The van der Waals surface area contributed by atoms with Crippen molar-refractivity contribution >= 4 is 5.91 Å². The number of rotatable bonds is 7. The third-order valence-corrected chi connectivity index (χ3v) is 5.08. The third kappa shape index (κ3) is 4.23. The lowest BCUT2D eigenvalue weighted by atomic mass is 9.98. The van der Waals surface area contributed by atoms with Gasteiger partial charge in [0.15, 0.2) is 17.3 Å². The van der Waals surface area contributed by atoms with E-state index in [2.05, 4.69) is 10.1 Å². The first-order valence-electron chi connectivity index (χ1n) is 9.51. The van der Waals surface area contributed by atoms with Crippen molar-refractivity contribution in [2.75, 3.05) is 27.3 Å². The zero-order chi connectivity index (χ0) is 20.2. The van der Waals surface area contributed by atoms with Crippen LogP contribution in [0.1, 0.15) is 28.8 Å². The molecule has 2 aromatic carbocycles. The number of carbonyl (C=O) groups excluding carboxylic acids is 1. The number of nitrogens with zero attached hydrogens (tertiary/aromatic N) is 3. The summed E-state index contributed by atoms with van der Waals surface area (Å²) < 4.78 is 15.9. The van der Waals surface area contributed by atoms with Gasteiger partial charge in [0.25, 0.3) is 0 Å². The molecule has 3 aromatic rings. The van der Waals surface area contributed by atoms with Crippen LogP contribution in [0.2, 0.25) is 0 Å². The number of ether oxygens (including phenoxy) is 2. The summed E-state index contributed by atoms with van der Waals surface area (Å²) in [5, 5.41) is 4.07. The molecule has 1 aliphatic rings. The zero-order valence-corrected chi connectivity index (χ0v) is 16.5. The SMILES string of the molecule is COc1ccc(CC(=O)N2CC(c3nc(Cc4ccccc4)no3)C2)cc1OC. The van der Waals surface area contributed by atoms with Crippen molar-refractivity contribution in [2.24, 2.45) is 0 Å². The van der Waals surface area contributed by atoms with Gasteiger partial charge >= 0.3 is 0 Å². The lowest BCUT2D eigenvalue weighted by molar-refractivity contribution is -0.135. The van der Waals surface area contributed by atoms with E-state index >= 15 is 0 Å². The fourth-order valence-electron chi connectivity index (χ4n) is 3.40. The highest BCUT2D eigenvalue weighted by Gasteiger charge is 2.35. The third-order valence-electron chi connectivity index (χ3n) is 5.08. The van der Waals surface area contributed by atoms with E-state index in [1.165, 1.54) is 0 Å². The van der Waals surface area contributed by atoms with Crippen LogP contribution >= 0.6 is 0 Å². The highest BCUT2D eigenvalue weighted by atomic mass is 16.5. The summed E-state index contributed by atoms with van der Waals surface area (Å²) in [6, 6.07) is 15.6. The predicted octanol–water partition coefficient (Wildman–Crippen LogP) is 2.85. The average molecular weight is 393 g/mol. The summed E-state index contributed by atoms with van der Waals surface area (Å²) in [7, 11) is 3.17. The van der Waals surface area contributed by atoms with Crippen LogP contribution in [0.15, 0.2) is 53.1 Å². The minimum Gasteiger partial charge on any atom is -0.493 e. The van der Waals surface area contributed by atoms with Crippen LogP contribution in [-0.2, 0) is 17.6 Å². The number of carbonyl (C=O) groups is 1. The van der Waals surface area contributed by atoms with Crippen molar-refractivity contribution in [3.8, 4) is 11.5 Å². The quantitative estimate of drug-likeness (QED) is 0.614. The Morgan fingerprint density at radius 3 is 2.55 bits per heavy atom. The Morgan fingerprint density at radius 2 is 1.83 bits per heavy atom. The lowest BCUT2D eigenvalue weighted by Gasteiger charge is -2.37. The second kappa shape index (κ2) is 8.34. The monoisotopic (exact) mass is 393 g/mol. The second-order valence-electron chi connectivity index (χ2n) is 7.07. The Balaban J connectivity index is 1.31. The van der Waals surface area contributed by atoms with E-state index in [0.29, 0.717) is 49.1 Å². The number of methoxy groups -OCH3 is 2. The highest BCUT2D eigenvalue weighted by molar-refractivity contribution is 5.80. The van der Waals surface area contributed by atoms with Gasteiger partial charge in [-0.1, -0.05) is 41.6 Å². The van der Waals surface area contributed by atoms with Crippen LogP contribution in [0.25, 0.3) is 0 Å². The van der Waals surface area contributed by atoms with Crippen molar-refractivity contribution in [2.45, 2.75) is 18.8 Å². The van der Waals surface area contributed by atoms with E-state index in [1.54, 1.807) is 14.2 Å². The van der Waals surface area contributed by atoms with Crippen LogP contribution in [0, 0.1) is 0 Å². The molecule has 1 aromatic heterocycles. The molecule has 1 fully saturated rings. The molecule has 0 saturated carbocycles. The van der Waals surface area contributed by atoms with Crippen LogP contribution in [0.3, 0.4) is 0 Å². The van der Waals surface area contributed by atoms with Gasteiger partial charge in [-0.3, -0.25) is 4.79 Å². The highest BCUT2D eigenvalue weighted by Crippen LogP contribution is 2.29. The Morgan fingerprint density at radius 1 is 1.07 bits per heavy atom. The first kappa shape index (κ1) is 19.0. The molecule has 0 N–H and O–H groups in total. The first-order chi connectivity index (χ1) is 14.2. The number of benzene rings is 2. The number of hydrogen-bond donors (Lipinski definition) is 0. The van der Waals surface area contributed by atoms with Crippen LogP contribution < -0.4 is 9.47 Å². The molecule has 1 saturated heterocycles. The van der Waals surface area contributed by atoms with Gasteiger partial charge in [0, 0.05) is 19.5 Å². The average Bonchev–Trinajstić information content (AvgIpc) is 3.15. The Bertz CT molecular complexity index is 981. The van der Waals surface area contributed by atoms with Crippen LogP contribution in [0.5, 0.6) is 11.5 Å². The van der Waals surface area contributed by atoms with Gasteiger partial charge in [0.2, 0.25) is 11.8 Å². The number of amides is 1. The van der Waals surface area contributed by atoms with Crippen LogP contribution in [-0.4, -0.2) is 48.3 Å². The van der Waals surface area contributed by atoms with E-state index in [-0.39, 0.29) is 11.8 Å². The Labute approximate surface area is 169 Å². The maximum atomic E-state index is 12.6. The van der Waals surface area contributed by atoms with E-state index in [0.717, 1.165) is 11.1 Å². The van der Waals surface area contributed by atoms with Gasteiger partial charge in [-0.15, -0.1) is 0 Å². The molecule has 0 aliphatic carbocycles. The van der Waals surface area contributed by atoms with Crippen molar-refractivity contribution in [3.63, 3.8) is 0 Å². The first-order valence-corrected chi connectivity index (χ1v) is 9.51. The minimum absolute atomic E-state index is 0.0671. The molecule has 7 heteroatoms. The molecular formula is C22H23N3O4. The lowest BCUT2D eigenvalue weighted by Crippen LogP contribution is -2.49. The molecule has 1 amide bonds. The molecule has 0 atom stereocenters. The molecule has 1 aliphatic heterocycles. The van der Waals surface area contributed by atoms with Crippen LogP contribution in [0.4, 0.5) is 0 Å². The normalized spacial score (nSPS) is 13.8. The number of likely N-dealkylation sites (tertiary alicyclic amines) is 1. The molecule has 0 bridgehead atoms. The largest absolute Gasteiger partial charge is 0.493 e. The van der Waals surface area contributed by atoms with E-state index < -0.39 is 0 Å². The maximum absolute atomic E-state index is 12.6. The van der Waals surface area contributed by atoms with Gasteiger partial charge < -0.3 is 18.9 Å². The molecule has 7 nitrogen and oxygen atoms in total. The maximum Gasteiger partial charge on any atom is 0.233 e. The molecular weight excluding hydrogens is 370 g/mol. The van der Waals surface area contributed by atoms with Gasteiger partial charge in [-0.2, -0.15) is 4.98 Å². The summed E-state index contributed by atoms with van der Waals surface area (Å²) in [5.41, 5.74) is 2.03. The zero-order valence-electron chi connectivity index (χ0n) is 16.5. The van der Waals surface area contributed by atoms with Gasteiger partial charge in [-0.25, -0.2) is 0 Å². The van der Waals surface area contributed by atoms with E-state index in [1.807, 2.05) is 53.4 Å². The molecule has 0 spiro atoms. The summed E-state index contributed by atoms with van der Waals surface area (Å²) in [6.07, 6.45) is 0.954. The molecule has 0 radical (unpaired) electrons. The summed E-state index contributed by atoms with van der Waals surface area (Å²) in [6.45, 7) is 1.19. The molecule has 2 heterocycles. The second-order valence-corrected chi connectivity index (χ2v) is 7.07. The standard InChI is InChI=1S/C22H23N3O4/c1-27-18-9-8-16(10-19(18)28-2)12-21(26)25-13-17(14-25)22-23-20(24-29-22)11-15-6-4-3-5-7-15/h3-10,17H,11-14H2,1-2H3. The Kier molecular flexibility index (Phi) is 5.46. The van der Waals surface area contributed by atoms with Gasteiger partial charge in [0.05, 0.1) is 26.6 Å². The molecule has 0 unspecified atom stereocenters. The minimum atomic E-state index is 0.0671. The fourth-order valence-corrected chi connectivity index (χ4v) is 3.40. The summed E-state index contributed by atoms with van der Waals surface area (Å²) >= 11 is 0. The van der Waals surface area contributed by atoms with Crippen molar-refractivity contribution in [1.29, 1.82) is 0 Å². The topological polar surface area (TPSA) is 77.7 Å². The molecule has 150 valence electrons. The van der Waals surface area contributed by atoms with Gasteiger partial charge in [0.1, 0.15) is 0 Å². The van der Waals surface area contributed by atoms with Crippen molar-refractivity contribution in [1.82, 2.24) is 15.0 Å². The predicted molar refractivity (Wildman–Crippen MR) is 106 cm³/mol. The summed E-state index contributed by atoms with van der Waals surface area (Å²) in [5.74, 6) is 2.71. The van der Waals surface area contributed by atoms with E-state index in [9.17, 15) is 4.79 Å². The Hall–Kier alpha value is -3.35. The van der Waals surface area contributed by atoms with Crippen molar-refractivity contribution < 1.29 is 18.8 Å². The number of hydrogen-bond acceptors (Lipinski definition) is 6. The fraction of sp³-hybridized carbons (Fsp3) is 0.318. The van der Waals surface area contributed by atoms with Crippen molar-refractivity contribution in [3.05, 3.63) is 71.4 Å². The smallest absolute Gasteiger partial charge is 0.233 e. The number of aromatic nitrogens is 2.